The van der Waals surface area contributed by atoms with E-state index in [1.54, 1.807) is 28.8 Å². The van der Waals surface area contributed by atoms with Crippen molar-refractivity contribution in [3.05, 3.63) is 54.0 Å². The van der Waals surface area contributed by atoms with Crippen LogP contribution in [-0.2, 0) is 4.79 Å². The molecule has 0 radical (unpaired) electrons. The van der Waals surface area contributed by atoms with E-state index >= 15 is 0 Å². The molecule has 25 heavy (non-hydrogen) atoms. The van der Waals surface area contributed by atoms with Gasteiger partial charge in [0.05, 0.1) is 11.5 Å². The molecular formula is C19H22N2O3S. The Bertz CT molecular complexity index is 720. The largest absolute Gasteiger partial charge is 0.459 e. The van der Waals surface area contributed by atoms with Crippen molar-refractivity contribution in [3.63, 3.8) is 0 Å². The van der Waals surface area contributed by atoms with E-state index in [2.05, 4.69) is 12.1 Å². The number of piperazine rings is 1. The van der Waals surface area contributed by atoms with Crippen molar-refractivity contribution >= 4 is 23.6 Å². The van der Waals surface area contributed by atoms with Crippen molar-refractivity contribution in [1.82, 2.24) is 9.80 Å². The summed E-state index contributed by atoms with van der Waals surface area (Å²) in [5.74, 6) is 0.359. The second-order valence-corrected chi connectivity index (χ2v) is 7.58. The van der Waals surface area contributed by atoms with E-state index in [0.29, 0.717) is 31.9 Å². The van der Waals surface area contributed by atoms with E-state index in [1.807, 2.05) is 30.9 Å². The number of rotatable bonds is 4. The molecule has 2 amide bonds. The van der Waals surface area contributed by atoms with Gasteiger partial charge in [-0.3, -0.25) is 9.59 Å². The Hall–Kier alpha value is -2.21. The molecule has 1 aromatic heterocycles. The molecule has 1 aliphatic heterocycles. The van der Waals surface area contributed by atoms with E-state index in [4.69, 9.17) is 4.42 Å². The Kier molecular flexibility index (Phi) is 5.48. The van der Waals surface area contributed by atoms with Crippen LogP contribution in [0, 0.1) is 6.92 Å². The zero-order chi connectivity index (χ0) is 17.8. The first-order chi connectivity index (χ1) is 12.0. The Labute approximate surface area is 152 Å². The number of benzene rings is 1. The maximum absolute atomic E-state index is 12.7. The van der Waals surface area contributed by atoms with Crippen LogP contribution in [0.3, 0.4) is 0 Å². The number of thioether (sulfide) groups is 1. The standard InChI is InChI=1S/C19H22N2O3S/c1-14-5-7-16(8-6-14)25-15(2)18(22)20-9-11-21(12-10-20)19(23)17-4-3-13-24-17/h3-8,13,15H,9-12H2,1-2H3. The molecule has 0 saturated carbocycles. The summed E-state index contributed by atoms with van der Waals surface area (Å²) in [5.41, 5.74) is 1.21. The number of aryl methyl sites for hydroxylation is 1. The van der Waals surface area contributed by atoms with Crippen LogP contribution >= 0.6 is 11.8 Å². The highest BCUT2D eigenvalue weighted by Crippen LogP contribution is 2.25. The minimum absolute atomic E-state index is 0.112. The van der Waals surface area contributed by atoms with Gasteiger partial charge in [-0.1, -0.05) is 17.7 Å². The quantitative estimate of drug-likeness (QED) is 0.789. The van der Waals surface area contributed by atoms with Gasteiger partial charge in [0.15, 0.2) is 5.76 Å². The lowest BCUT2D eigenvalue weighted by atomic mass is 10.2. The Morgan fingerprint density at radius 2 is 1.68 bits per heavy atom. The minimum atomic E-state index is -0.143. The first-order valence-corrected chi connectivity index (χ1v) is 9.27. The van der Waals surface area contributed by atoms with E-state index in [-0.39, 0.29) is 17.1 Å². The van der Waals surface area contributed by atoms with Gasteiger partial charge >= 0.3 is 0 Å². The molecule has 0 aliphatic carbocycles. The van der Waals surface area contributed by atoms with Crippen LogP contribution in [0.15, 0.2) is 52.0 Å². The molecule has 5 nitrogen and oxygen atoms in total. The second-order valence-electron chi connectivity index (χ2n) is 6.17. The van der Waals surface area contributed by atoms with Crippen molar-refractivity contribution < 1.29 is 14.0 Å². The molecule has 2 heterocycles. The van der Waals surface area contributed by atoms with Crippen LogP contribution in [0.1, 0.15) is 23.0 Å². The Morgan fingerprint density at radius 1 is 1.04 bits per heavy atom. The number of carbonyl (C=O) groups is 2. The monoisotopic (exact) mass is 358 g/mol. The Balaban J connectivity index is 1.52. The summed E-state index contributed by atoms with van der Waals surface area (Å²) in [4.78, 5) is 29.6. The van der Waals surface area contributed by atoms with E-state index in [9.17, 15) is 9.59 Å². The summed E-state index contributed by atoms with van der Waals surface area (Å²) < 4.78 is 5.16. The first-order valence-electron chi connectivity index (χ1n) is 8.39. The number of amides is 2. The van der Waals surface area contributed by atoms with E-state index < -0.39 is 0 Å². The molecule has 1 aromatic carbocycles. The predicted octanol–water partition coefficient (Wildman–Crippen LogP) is 3.05. The van der Waals surface area contributed by atoms with Crippen LogP contribution in [0.4, 0.5) is 0 Å². The van der Waals surface area contributed by atoms with Crippen molar-refractivity contribution in [3.8, 4) is 0 Å². The van der Waals surface area contributed by atoms with Crippen LogP contribution in [0.25, 0.3) is 0 Å². The number of carbonyl (C=O) groups excluding carboxylic acids is 2. The molecule has 0 N–H and O–H groups in total. The van der Waals surface area contributed by atoms with Crippen molar-refractivity contribution in [2.24, 2.45) is 0 Å². The zero-order valence-corrected chi connectivity index (χ0v) is 15.3. The van der Waals surface area contributed by atoms with Crippen LogP contribution < -0.4 is 0 Å². The maximum atomic E-state index is 12.7. The lowest BCUT2D eigenvalue weighted by Crippen LogP contribution is -2.52. The van der Waals surface area contributed by atoms with Crippen LogP contribution in [0.5, 0.6) is 0 Å². The summed E-state index contributed by atoms with van der Waals surface area (Å²) in [6.45, 7) is 6.17. The zero-order valence-electron chi connectivity index (χ0n) is 14.5. The van der Waals surface area contributed by atoms with Gasteiger partial charge in [-0.05, 0) is 38.1 Å². The molecule has 1 aliphatic rings. The molecular weight excluding hydrogens is 336 g/mol. The summed E-state index contributed by atoms with van der Waals surface area (Å²) in [7, 11) is 0. The fraction of sp³-hybridized carbons (Fsp3) is 0.368. The molecule has 2 aromatic rings. The van der Waals surface area contributed by atoms with Crippen molar-refractivity contribution in [1.29, 1.82) is 0 Å². The average Bonchev–Trinajstić information content (AvgIpc) is 3.17. The summed E-state index contributed by atoms with van der Waals surface area (Å²) >= 11 is 1.57. The van der Waals surface area contributed by atoms with Gasteiger partial charge in [-0.25, -0.2) is 0 Å². The molecule has 0 spiro atoms. The summed E-state index contributed by atoms with van der Waals surface area (Å²) in [6, 6.07) is 11.6. The van der Waals surface area contributed by atoms with Gasteiger partial charge in [0.1, 0.15) is 0 Å². The SMILES string of the molecule is Cc1ccc(SC(C)C(=O)N2CCN(C(=O)c3ccco3)CC2)cc1. The third-order valence-corrected chi connectivity index (χ3v) is 5.39. The highest BCUT2D eigenvalue weighted by molar-refractivity contribution is 8.00. The van der Waals surface area contributed by atoms with Gasteiger partial charge in [-0.2, -0.15) is 0 Å². The van der Waals surface area contributed by atoms with E-state index in [1.165, 1.54) is 11.8 Å². The normalized spacial score (nSPS) is 15.9. The molecule has 132 valence electrons. The minimum Gasteiger partial charge on any atom is -0.459 e. The number of hydrogen-bond donors (Lipinski definition) is 0. The lowest BCUT2D eigenvalue weighted by Gasteiger charge is -2.35. The average molecular weight is 358 g/mol. The second kappa shape index (κ2) is 7.78. The smallest absolute Gasteiger partial charge is 0.289 e. The van der Waals surface area contributed by atoms with Gasteiger partial charge in [0.25, 0.3) is 5.91 Å². The summed E-state index contributed by atoms with van der Waals surface area (Å²) in [6.07, 6.45) is 1.50. The van der Waals surface area contributed by atoms with Gasteiger partial charge in [0, 0.05) is 31.1 Å². The van der Waals surface area contributed by atoms with Gasteiger partial charge in [-0.15, -0.1) is 11.8 Å². The maximum Gasteiger partial charge on any atom is 0.289 e. The highest BCUT2D eigenvalue weighted by Gasteiger charge is 2.28. The first kappa shape index (κ1) is 17.6. The lowest BCUT2D eigenvalue weighted by molar-refractivity contribution is -0.131. The molecule has 1 atom stereocenters. The molecule has 1 unspecified atom stereocenters. The molecule has 3 rings (SSSR count). The third-order valence-electron chi connectivity index (χ3n) is 4.29. The number of nitrogens with zero attached hydrogens (tertiary/aromatic N) is 2. The van der Waals surface area contributed by atoms with Gasteiger partial charge in [0.2, 0.25) is 5.91 Å². The highest BCUT2D eigenvalue weighted by atomic mass is 32.2. The van der Waals surface area contributed by atoms with Crippen LogP contribution in [0.2, 0.25) is 0 Å². The topological polar surface area (TPSA) is 53.8 Å². The summed E-state index contributed by atoms with van der Waals surface area (Å²) in [5, 5.41) is -0.143. The molecule has 0 bridgehead atoms. The fourth-order valence-corrected chi connectivity index (χ4v) is 3.77. The molecule has 6 heteroatoms. The van der Waals surface area contributed by atoms with Gasteiger partial charge < -0.3 is 14.2 Å². The number of furan rings is 1. The predicted molar refractivity (Wildman–Crippen MR) is 97.7 cm³/mol. The Morgan fingerprint density at radius 3 is 2.28 bits per heavy atom. The molecule has 1 fully saturated rings. The van der Waals surface area contributed by atoms with Crippen molar-refractivity contribution in [2.75, 3.05) is 26.2 Å². The third kappa shape index (κ3) is 4.25. The van der Waals surface area contributed by atoms with Crippen LogP contribution in [-0.4, -0.2) is 53.0 Å². The number of hydrogen-bond acceptors (Lipinski definition) is 4. The fourth-order valence-electron chi connectivity index (χ4n) is 2.81. The molecule has 1 saturated heterocycles. The van der Waals surface area contributed by atoms with Crippen molar-refractivity contribution in [2.45, 2.75) is 24.0 Å². The van der Waals surface area contributed by atoms with E-state index in [0.717, 1.165) is 4.90 Å².